The molecule has 0 radical (unpaired) electrons. The van der Waals surface area contributed by atoms with E-state index in [1.807, 2.05) is 13.8 Å². The molecular formula is C12H16ClFN2O2S2. The van der Waals surface area contributed by atoms with Gasteiger partial charge in [-0.2, -0.15) is 16.1 Å². The van der Waals surface area contributed by atoms with E-state index in [9.17, 15) is 12.8 Å². The molecule has 4 nitrogen and oxygen atoms in total. The predicted octanol–water partition coefficient (Wildman–Crippen LogP) is 2.58. The van der Waals surface area contributed by atoms with Crippen LogP contribution in [0.15, 0.2) is 17.0 Å². The minimum Gasteiger partial charge on any atom is -0.396 e. The lowest BCUT2D eigenvalue weighted by atomic mass is 10.2. The summed E-state index contributed by atoms with van der Waals surface area (Å²) in [6, 6.07) is 2.02. The summed E-state index contributed by atoms with van der Waals surface area (Å²) in [5, 5.41) is -0.146. The molecule has 0 saturated carbocycles. The van der Waals surface area contributed by atoms with Gasteiger partial charge in [0.2, 0.25) is 10.0 Å². The van der Waals surface area contributed by atoms with Gasteiger partial charge in [0.15, 0.2) is 0 Å². The van der Waals surface area contributed by atoms with E-state index in [4.69, 9.17) is 17.3 Å². The van der Waals surface area contributed by atoms with Gasteiger partial charge in [0, 0.05) is 23.6 Å². The first-order valence-corrected chi connectivity index (χ1v) is 8.82. The highest BCUT2D eigenvalue weighted by molar-refractivity contribution is 8.00. The van der Waals surface area contributed by atoms with Gasteiger partial charge in [-0.1, -0.05) is 11.6 Å². The fourth-order valence-electron chi connectivity index (χ4n) is 2.06. The molecule has 0 aromatic heterocycles. The second-order valence-electron chi connectivity index (χ2n) is 5.25. The molecule has 1 fully saturated rings. The second-order valence-corrected chi connectivity index (χ2v) is 9.37. The number of hydrogen-bond donors (Lipinski definition) is 1. The first kappa shape index (κ1) is 15.9. The summed E-state index contributed by atoms with van der Waals surface area (Å²) in [6.45, 7) is 4.76. The molecule has 1 aromatic rings. The van der Waals surface area contributed by atoms with E-state index in [0.29, 0.717) is 18.8 Å². The van der Waals surface area contributed by atoms with E-state index in [2.05, 4.69) is 0 Å². The van der Waals surface area contributed by atoms with Crippen molar-refractivity contribution in [3.8, 4) is 0 Å². The maximum absolute atomic E-state index is 13.3. The van der Waals surface area contributed by atoms with Crippen LogP contribution in [-0.2, 0) is 10.0 Å². The smallest absolute Gasteiger partial charge is 0.244 e. The molecule has 0 spiro atoms. The molecule has 20 heavy (non-hydrogen) atoms. The van der Waals surface area contributed by atoms with Crippen LogP contribution >= 0.6 is 23.4 Å². The lowest BCUT2D eigenvalue weighted by Crippen LogP contribution is -2.46. The van der Waals surface area contributed by atoms with Crippen LogP contribution in [0.3, 0.4) is 0 Å². The molecule has 0 bridgehead atoms. The molecule has 2 rings (SSSR count). The number of nitrogens with two attached hydrogens (primary N) is 1. The molecule has 0 amide bonds. The summed E-state index contributed by atoms with van der Waals surface area (Å²) < 4.78 is 39.7. The number of rotatable bonds is 2. The standard InChI is InChI=1S/C12H16ClFN2O2S2/c1-12(2)7-16(3-4-19-12)20(17,18)11-6-10(15)9(14)5-8(11)13/h5-6H,3-4,7,15H2,1-2H3. The number of anilines is 1. The third-order valence-corrected chi connectivity index (χ3v) is 6.67. The summed E-state index contributed by atoms with van der Waals surface area (Å²) >= 11 is 7.59. The van der Waals surface area contributed by atoms with Crippen LogP contribution in [0.2, 0.25) is 5.02 Å². The quantitative estimate of drug-likeness (QED) is 0.842. The van der Waals surface area contributed by atoms with Gasteiger partial charge in [-0.25, -0.2) is 12.8 Å². The highest BCUT2D eigenvalue weighted by Crippen LogP contribution is 2.35. The highest BCUT2D eigenvalue weighted by Gasteiger charge is 2.35. The van der Waals surface area contributed by atoms with Crippen LogP contribution < -0.4 is 5.73 Å². The monoisotopic (exact) mass is 338 g/mol. The third kappa shape index (κ3) is 3.05. The molecule has 0 aliphatic carbocycles. The molecule has 8 heteroatoms. The number of benzene rings is 1. The number of nitrogens with zero attached hydrogens (tertiary/aromatic N) is 1. The fourth-order valence-corrected chi connectivity index (χ4v) is 5.50. The minimum absolute atomic E-state index is 0.138. The fraction of sp³-hybridized carbons (Fsp3) is 0.500. The SMILES string of the molecule is CC1(C)CN(S(=O)(=O)c2cc(N)c(F)cc2Cl)CCS1. The molecule has 1 aliphatic heterocycles. The van der Waals surface area contributed by atoms with Crippen molar-refractivity contribution < 1.29 is 12.8 Å². The van der Waals surface area contributed by atoms with Crippen molar-refractivity contribution in [3.63, 3.8) is 0 Å². The molecule has 112 valence electrons. The van der Waals surface area contributed by atoms with Crippen molar-refractivity contribution in [1.82, 2.24) is 4.31 Å². The zero-order valence-electron chi connectivity index (χ0n) is 11.2. The number of thioether (sulfide) groups is 1. The Morgan fingerprint density at radius 2 is 2.10 bits per heavy atom. The van der Waals surface area contributed by atoms with E-state index >= 15 is 0 Å². The van der Waals surface area contributed by atoms with Crippen LogP contribution in [0, 0.1) is 5.82 Å². The maximum atomic E-state index is 13.3. The molecule has 1 heterocycles. The van der Waals surface area contributed by atoms with E-state index in [-0.39, 0.29) is 20.4 Å². The minimum atomic E-state index is -3.76. The first-order valence-electron chi connectivity index (χ1n) is 6.02. The Bertz CT molecular complexity index is 635. The molecule has 0 atom stereocenters. The Labute approximate surface area is 127 Å². The van der Waals surface area contributed by atoms with E-state index in [1.165, 1.54) is 4.31 Å². The Hall–Kier alpha value is -0.500. The summed E-state index contributed by atoms with van der Waals surface area (Å²) in [4.78, 5) is -0.138. The lowest BCUT2D eigenvalue weighted by molar-refractivity contribution is 0.387. The van der Waals surface area contributed by atoms with Crippen LogP contribution in [0.5, 0.6) is 0 Å². The van der Waals surface area contributed by atoms with E-state index < -0.39 is 15.8 Å². The summed E-state index contributed by atoms with van der Waals surface area (Å²) in [7, 11) is -3.76. The van der Waals surface area contributed by atoms with Gasteiger partial charge in [0.05, 0.1) is 10.7 Å². The van der Waals surface area contributed by atoms with Crippen LogP contribution in [0.25, 0.3) is 0 Å². The van der Waals surface area contributed by atoms with Crippen molar-refractivity contribution in [3.05, 3.63) is 23.0 Å². The lowest BCUT2D eigenvalue weighted by Gasteiger charge is -2.36. The Kier molecular flexibility index (Phi) is 4.26. The van der Waals surface area contributed by atoms with Crippen LogP contribution in [-0.4, -0.2) is 36.3 Å². The highest BCUT2D eigenvalue weighted by atomic mass is 35.5. The predicted molar refractivity (Wildman–Crippen MR) is 81.1 cm³/mol. The molecule has 1 aromatic carbocycles. The summed E-state index contributed by atoms with van der Waals surface area (Å²) in [5.41, 5.74) is 5.22. The van der Waals surface area contributed by atoms with Gasteiger partial charge in [0.1, 0.15) is 10.7 Å². The van der Waals surface area contributed by atoms with Gasteiger partial charge in [-0.3, -0.25) is 0 Å². The van der Waals surface area contributed by atoms with Crippen molar-refractivity contribution in [2.24, 2.45) is 0 Å². The number of halogens is 2. The Balaban J connectivity index is 2.43. The zero-order valence-corrected chi connectivity index (χ0v) is 13.6. The molecule has 0 unspecified atom stereocenters. The van der Waals surface area contributed by atoms with Crippen molar-refractivity contribution in [1.29, 1.82) is 0 Å². The summed E-state index contributed by atoms with van der Waals surface area (Å²) in [5.74, 6) is -0.0101. The average molecular weight is 339 g/mol. The summed E-state index contributed by atoms with van der Waals surface area (Å²) in [6.07, 6.45) is 0. The molecule has 1 aliphatic rings. The average Bonchev–Trinajstić information content (AvgIpc) is 2.32. The normalized spacial score (nSPS) is 20.0. The third-order valence-electron chi connectivity index (χ3n) is 3.06. The van der Waals surface area contributed by atoms with Crippen molar-refractivity contribution in [2.75, 3.05) is 24.6 Å². The van der Waals surface area contributed by atoms with E-state index in [0.717, 1.165) is 12.1 Å². The van der Waals surface area contributed by atoms with Crippen molar-refractivity contribution in [2.45, 2.75) is 23.5 Å². The second kappa shape index (κ2) is 5.36. The van der Waals surface area contributed by atoms with Gasteiger partial charge in [-0.05, 0) is 26.0 Å². The molecular weight excluding hydrogens is 323 g/mol. The van der Waals surface area contributed by atoms with Gasteiger partial charge in [0.25, 0.3) is 0 Å². The molecule has 1 saturated heterocycles. The molecule has 2 N–H and O–H groups in total. The van der Waals surface area contributed by atoms with Gasteiger partial charge in [-0.15, -0.1) is 0 Å². The maximum Gasteiger partial charge on any atom is 0.244 e. The van der Waals surface area contributed by atoms with Crippen molar-refractivity contribution >= 4 is 39.1 Å². The Morgan fingerprint density at radius 3 is 2.70 bits per heavy atom. The largest absolute Gasteiger partial charge is 0.396 e. The number of nitrogen functional groups attached to an aromatic ring is 1. The number of sulfonamides is 1. The van der Waals surface area contributed by atoms with Gasteiger partial charge < -0.3 is 5.73 Å². The zero-order chi connectivity index (χ0) is 15.1. The first-order chi connectivity index (χ1) is 9.13. The van der Waals surface area contributed by atoms with E-state index in [1.54, 1.807) is 11.8 Å². The Morgan fingerprint density at radius 1 is 1.45 bits per heavy atom. The van der Waals surface area contributed by atoms with Crippen LogP contribution in [0.4, 0.5) is 10.1 Å². The van der Waals surface area contributed by atoms with Gasteiger partial charge >= 0.3 is 0 Å². The van der Waals surface area contributed by atoms with Crippen LogP contribution in [0.1, 0.15) is 13.8 Å². The number of hydrogen-bond acceptors (Lipinski definition) is 4. The topological polar surface area (TPSA) is 63.4 Å².